The monoisotopic (exact) mass is 247 g/mol. The van der Waals surface area contributed by atoms with Crippen molar-refractivity contribution in [3.63, 3.8) is 0 Å². The summed E-state index contributed by atoms with van der Waals surface area (Å²) in [6.07, 6.45) is 2.55. The SMILES string of the molecule is CCc1cn[nH]c1NC(=O)Cn1nc(C)cc1C. The highest BCUT2D eigenvalue weighted by molar-refractivity contribution is 5.90. The number of nitrogens with one attached hydrogen (secondary N) is 2. The van der Waals surface area contributed by atoms with Crippen molar-refractivity contribution >= 4 is 11.7 Å². The fourth-order valence-electron chi connectivity index (χ4n) is 1.84. The zero-order valence-corrected chi connectivity index (χ0v) is 10.8. The normalized spacial score (nSPS) is 10.6. The molecule has 0 aliphatic carbocycles. The van der Waals surface area contributed by atoms with Crippen molar-refractivity contribution in [3.05, 3.63) is 29.2 Å². The van der Waals surface area contributed by atoms with Gasteiger partial charge in [0.15, 0.2) is 0 Å². The minimum atomic E-state index is -0.111. The van der Waals surface area contributed by atoms with Gasteiger partial charge >= 0.3 is 0 Å². The Morgan fingerprint density at radius 2 is 2.28 bits per heavy atom. The first-order valence-electron chi connectivity index (χ1n) is 5.93. The Hall–Kier alpha value is -2.11. The van der Waals surface area contributed by atoms with Gasteiger partial charge in [0.25, 0.3) is 0 Å². The van der Waals surface area contributed by atoms with Gasteiger partial charge in [-0.25, -0.2) is 0 Å². The Morgan fingerprint density at radius 3 is 2.89 bits per heavy atom. The van der Waals surface area contributed by atoms with E-state index in [2.05, 4.69) is 20.6 Å². The average molecular weight is 247 g/mol. The maximum Gasteiger partial charge on any atom is 0.247 e. The van der Waals surface area contributed by atoms with Crippen LogP contribution in [0.1, 0.15) is 23.9 Å². The van der Waals surface area contributed by atoms with E-state index < -0.39 is 0 Å². The largest absolute Gasteiger partial charge is 0.309 e. The predicted octanol–water partition coefficient (Wildman–Crippen LogP) is 1.42. The molecule has 6 heteroatoms. The molecular formula is C12H17N5O. The number of aromatic amines is 1. The van der Waals surface area contributed by atoms with Gasteiger partial charge in [0.1, 0.15) is 12.4 Å². The number of hydrogen-bond donors (Lipinski definition) is 2. The van der Waals surface area contributed by atoms with Gasteiger partial charge in [0.2, 0.25) is 5.91 Å². The molecule has 0 aliphatic rings. The molecule has 6 nitrogen and oxygen atoms in total. The average Bonchev–Trinajstić information content (AvgIpc) is 2.86. The van der Waals surface area contributed by atoms with Crippen molar-refractivity contribution in [1.29, 1.82) is 0 Å². The number of rotatable bonds is 4. The number of nitrogens with zero attached hydrogens (tertiary/aromatic N) is 3. The molecule has 0 fully saturated rings. The van der Waals surface area contributed by atoms with Crippen LogP contribution in [-0.2, 0) is 17.8 Å². The van der Waals surface area contributed by atoms with Crippen LogP contribution in [0.25, 0.3) is 0 Å². The molecule has 18 heavy (non-hydrogen) atoms. The van der Waals surface area contributed by atoms with Gasteiger partial charge in [-0.3, -0.25) is 14.6 Å². The van der Waals surface area contributed by atoms with E-state index in [-0.39, 0.29) is 12.5 Å². The predicted molar refractivity (Wildman–Crippen MR) is 68.3 cm³/mol. The lowest BCUT2D eigenvalue weighted by molar-refractivity contribution is -0.117. The highest BCUT2D eigenvalue weighted by atomic mass is 16.2. The van der Waals surface area contributed by atoms with Crippen LogP contribution in [0.5, 0.6) is 0 Å². The van der Waals surface area contributed by atoms with Gasteiger partial charge < -0.3 is 5.32 Å². The molecule has 0 saturated heterocycles. The lowest BCUT2D eigenvalue weighted by Crippen LogP contribution is -2.21. The van der Waals surface area contributed by atoms with Crippen LogP contribution in [0.3, 0.4) is 0 Å². The summed E-state index contributed by atoms with van der Waals surface area (Å²) in [5.41, 5.74) is 2.88. The number of amides is 1. The summed E-state index contributed by atoms with van der Waals surface area (Å²) in [5, 5.41) is 13.8. The first kappa shape index (κ1) is 12.3. The van der Waals surface area contributed by atoms with Crippen molar-refractivity contribution in [2.45, 2.75) is 33.7 Å². The molecular weight excluding hydrogens is 230 g/mol. The van der Waals surface area contributed by atoms with Gasteiger partial charge in [0.05, 0.1) is 11.9 Å². The van der Waals surface area contributed by atoms with Crippen LogP contribution >= 0.6 is 0 Å². The van der Waals surface area contributed by atoms with Gasteiger partial charge in [-0.2, -0.15) is 10.2 Å². The third-order valence-corrected chi connectivity index (χ3v) is 2.76. The number of carbonyl (C=O) groups excluding carboxylic acids is 1. The second kappa shape index (κ2) is 5.03. The number of anilines is 1. The summed E-state index contributed by atoms with van der Waals surface area (Å²) in [5.74, 6) is 0.559. The molecule has 0 bridgehead atoms. The molecule has 2 heterocycles. The molecule has 1 amide bonds. The molecule has 0 aliphatic heterocycles. The number of H-pyrrole nitrogens is 1. The quantitative estimate of drug-likeness (QED) is 0.858. The third kappa shape index (κ3) is 2.58. The third-order valence-electron chi connectivity index (χ3n) is 2.76. The number of carbonyl (C=O) groups is 1. The van der Waals surface area contributed by atoms with E-state index in [1.54, 1.807) is 10.9 Å². The molecule has 0 radical (unpaired) electrons. The standard InChI is InChI=1S/C12H17N5O/c1-4-10-6-13-15-12(10)14-11(18)7-17-9(3)5-8(2)16-17/h5-6H,4,7H2,1-3H3,(H2,13,14,15,18). The zero-order chi connectivity index (χ0) is 13.1. The van der Waals surface area contributed by atoms with E-state index in [9.17, 15) is 4.79 Å². The highest BCUT2D eigenvalue weighted by Crippen LogP contribution is 2.11. The van der Waals surface area contributed by atoms with E-state index in [0.29, 0.717) is 5.82 Å². The van der Waals surface area contributed by atoms with Crippen molar-refractivity contribution in [2.24, 2.45) is 0 Å². The summed E-state index contributed by atoms with van der Waals surface area (Å²) < 4.78 is 1.69. The number of aryl methyl sites for hydroxylation is 3. The Labute approximate surface area is 105 Å². The first-order chi connectivity index (χ1) is 8.60. The molecule has 96 valence electrons. The van der Waals surface area contributed by atoms with Gasteiger partial charge in [-0.05, 0) is 26.3 Å². The van der Waals surface area contributed by atoms with E-state index in [1.807, 2.05) is 26.8 Å². The van der Waals surface area contributed by atoms with E-state index in [0.717, 1.165) is 23.4 Å². The topological polar surface area (TPSA) is 75.6 Å². The Kier molecular flexibility index (Phi) is 3.45. The summed E-state index contributed by atoms with van der Waals surface area (Å²) in [7, 11) is 0. The minimum absolute atomic E-state index is 0.111. The van der Waals surface area contributed by atoms with Crippen LogP contribution in [0.15, 0.2) is 12.3 Å². The fraction of sp³-hybridized carbons (Fsp3) is 0.417. The van der Waals surface area contributed by atoms with Crippen molar-refractivity contribution in [3.8, 4) is 0 Å². The smallest absolute Gasteiger partial charge is 0.247 e. The van der Waals surface area contributed by atoms with Crippen molar-refractivity contribution < 1.29 is 4.79 Å². The Balaban J connectivity index is 2.03. The summed E-state index contributed by atoms with van der Waals surface area (Å²) in [6.45, 7) is 6.07. The lowest BCUT2D eigenvalue weighted by Gasteiger charge is -2.06. The van der Waals surface area contributed by atoms with Crippen LogP contribution in [0.4, 0.5) is 5.82 Å². The second-order valence-electron chi connectivity index (χ2n) is 4.26. The molecule has 0 aromatic carbocycles. The van der Waals surface area contributed by atoms with Crippen molar-refractivity contribution in [2.75, 3.05) is 5.32 Å². The summed E-state index contributed by atoms with van der Waals surface area (Å²) in [4.78, 5) is 11.9. The molecule has 2 rings (SSSR count). The minimum Gasteiger partial charge on any atom is -0.309 e. The molecule has 0 spiro atoms. The number of aromatic nitrogens is 4. The maximum atomic E-state index is 11.9. The maximum absolute atomic E-state index is 11.9. The lowest BCUT2D eigenvalue weighted by atomic mass is 10.2. The second-order valence-corrected chi connectivity index (χ2v) is 4.26. The molecule has 2 aromatic heterocycles. The van der Waals surface area contributed by atoms with Crippen LogP contribution in [-0.4, -0.2) is 25.9 Å². The van der Waals surface area contributed by atoms with Gasteiger partial charge in [-0.1, -0.05) is 6.92 Å². The molecule has 2 aromatic rings. The van der Waals surface area contributed by atoms with Crippen LogP contribution in [0, 0.1) is 13.8 Å². The Bertz CT molecular complexity index is 555. The fourth-order valence-corrected chi connectivity index (χ4v) is 1.84. The first-order valence-corrected chi connectivity index (χ1v) is 5.93. The number of hydrogen-bond acceptors (Lipinski definition) is 3. The van der Waals surface area contributed by atoms with E-state index in [4.69, 9.17) is 0 Å². The molecule has 0 atom stereocenters. The van der Waals surface area contributed by atoms with E-state index in [1.165, 1.54) is 0 Å². The molecule has 0 unspecified atom stereocenters. The highest BCUT2D eigenvalue weighted by Gasteiger charge is 2.10. The van der Waals surface area contributed by atoms with Gasteiger partial charge in [-0.15, -0.1) is 0 Å². The van der Waals surface area contributed by atoms with E-state index >= 15 is 0 Å². The summed E-state index contributed by atoms with van der Waals surface area (Å²) in [6, 6.07) is 1.95. The zero-order valence-electron chi connectivity index (χ0n) is 10.8. The molecule has 2 N–H and O–H groups in total. The van der Waals surface area contributed by atoms with Gasteiger partial charge in [0, 0.05) is 11.3 Å². The summed E-state index contributed by atoms with van der Waals surface area (Å²) >= 11 is 0. The van der Waals surface area contributed by atoms with Crippen molar-refractivity contribution in [1.82, 2.24) is 20.0 Å². The molecule has 0 saturated carbocycles. The van der Waals surface area contributed by atoms with Crippen LogP contribution < -0.4 is 5.32 Å². The Morgan fingerprint density at radius 1 is 1.50 bits per heavy atom. The van der Waals surface area contributed by atoms with Crippen LogP contribution in [0.2, 0.25) is 0 Å².